The van der Waals surface area contributed by atoms with E-state index in [1.54, 1.807) is 0 Å². The molecule has 0 aliphatic carbocycles. The summed E-state index contributed by atoms with van der Waals surface area (Å²) >= 11 is 4.55. The molecule has 0 fully saturated rings. The van der Waals surface area contributed by atoms with Gasteiger partial charge in [0.05, 0.1) is 0 Å². The first kappa shape index (κ1) is 8.90. The van der Waals surface area contributed by atoms with Crippen LogP contribution in [0.15, 0.2) is 0 Å². The van der Waals surface area contributed by atoms with Gasteiger partial charge in [-0.15, -0.1) is 0 Å². The van der Waals surface area contributed by atoms with Crippen molar-refractivity contribution in [1.82, 2.24) is 0 Å². The van der Waals surface area contributed by atoms with Gasteiger partial charge in [-0.1, -0.05) is 11.6 Å². The average molecular weight is 187 g/mol. The molecule has 0 amide bonds. The van der Waals surface area contributed by atoms with Crippen molar-refractivity contribution in [2.24, 2.45) is 0 Å². The van der Waals surface area contributed by atoms with Gasteiger partial charge >= 0.3 is 23.9 Å². The Morgan fingerprint density at radius 1 is 1.75 bits per heavy atom. The Balaban J connectivity index is 0. The van der Waals surface area contributed by atoms with E-state index < -0.39 is 0 Å². The summed E-state index contributed by atoms with van der Waals surface area (Å²) in [4.78, 5) is 0. The van der Waals surface area contributed by atoms with Crippen LogP contribution >= 0.6 is 11.6 Å². The van der Waals surface area contributed by atoms with Crippen molar-refractivity contribution in [3.63, 3.8) is 0 Å². The number of rotatable bonds is 0. The Bertz CT molecular complexity index is 8.00. The van der Waals surface area contributed by atoms with Gasteiger partial charge in [-0.3, -0.25) is 0 Å². The van der Waals surface area contributed by atoms with E-state index in [-0.39, 0.29) is 30.0 Å². The van der Waals surface area contributed by atoms with E-state index in [9.17, 15) is 0 Å². The van der Waals surface area contributed by atoms with Gasteiger partial charge in [-0.05, 0) is 0 Å². The normalized spacial score (nSPS) is 4.50. The second kappa shape index (κ2) is 8.97. The molecule has 0 saturated carbocycles. The van der Waals surface area contributed by atoms with E-state index >= 15 is 0 Å². The topological polar surface area (TPSA) is 20.2 Å². The number of hydrogen-bond donors (Lipinski definition) is 1. The van der Waals surface area contributed by atoms with E-state index in [4.69, 9.17) is 5.11 Å². The van der Waals surface area contributed by atoms with Gasteiger partial charge in [0.25, 0.3) is 0 Å². The van der Waals surface area contributed by atoms with Crippen LogP contribution in [-0.2, 0) is 0 Å². The van der Waals surface area contributed by atoms with Crippen molar-refractivity contribution >= 4 is 35.5 Å². The van der Waals surface area contributed by atoms with Crippen LogP contribution in [0.4, 0.5) is 0 Å². The van der Waals surface area contributed by atoms with Crippen molar-refractivity contribution in [2.45, 2.75) is 0 Å². The molecule has 0 bridgehead atoms. The molecule has 4 heavy (non-hydrogen) atoms. The molecule has 26 valence electrons. The van der Waals surface area contributed by atoms with E-state index in [0.717, 1.165) is 0 Å². The van der Waals surface area contributed by atoms with Crippen molar-refractivity contribution in [3.8, 4) is 0 Å². The Morgan fingerprint density at radius 2 is 1.75 bits per heavy atom. The van der Waals surface area contributed by atoms with Gasteiger partial charge in [0.2, 0.25) is 0 Å². The summed E-state index contributed by atoms with van der Waals surface area (Å²) in [7, 11) is 0. The quantitative estimate of drug-likeness (QED) is 0.391. The first-order chi connectivity index (χ1) is 1.41. The third-order valence-electron chi connectivity index (χ3n) is 0. The molecule has 0 aromatic carbocycles. The average Bonchev–Trinajstić information content (AvgIpc) is 0.918. The summed E-state index contributed by atoms with van der Waals surface area (Å²) in [5.74, 6) is 0. The summed E-state index contributed by atoms with van der Waals surface area (Å²) < 4.78 is 0. The van der Waals surface area contributed by atoms with Gasteiger partial charge in [0.1, 0.15) is 6.07 Å². The SMILES string of the molecule is OCCl.[SnH2]. The summed E-state index contributed by atoms with van der Waals surface area (Å²) in [6.45, 7) is 0. The number of alkyl halides is 1. The maximum absolute atomic E-state index is 7.33. The fraction of sp³-hybridized carbons (Fsp3) is 1.00. The summed E-state index contributed by atoms with van der Waals surface area (Å²) in [5, 5.41) is 7.33. The molecule has 0 heterocycles. The van der Waals surface area contributed by atoms with E-state index in [2.05, 4.69) is 11.6 Å². The Labute approximate surface area is 46.9 Å². The minimum atomic E-state index is -0.278. The minimum absolute atomic E-state index is 0. The molecule has 1 nitrogen and oxygen atoms in total. The fourth-order valence-corrected chi connectivity index (χ4v) is 0. The van der Waals surface area contributed by atoms with Crippen molar-refractivity contribution in [2.75, 3.05) is 6.07 Å². The number of halogens is 1. The van der Waals surface area contributed by atoms with Crippen LogP contribution in [0, 0.1) is 0 Å². The molecular weight excluding hydrogens is 182 g/mol. The second-order valence-electron chi connectivity index (χ2n) is 0.120. The van der Waals surface area contributed by atoms with Crippen molar-refractivity contribution in [3.05, 3.63) is 0 Å². The standard InChI is InChI=1S/CH3ClO.Sn.2H/c2-1-3;;;/h3H,1H2;;;. The third-order valence-corrected chi connectivity index (χ3v) is 0. The van der Waals surface area contributed by atoms with Crippen LogP contribution < -0.4 is 0 Å². The second-order valence-corrected chi connectivity index (χ2v) is 0.359. The molecule has 0 aromatic heterocycles. The van der Waals surface area contributed by atoms with Crippen molar-refractivity contribution in [1.29, 1.82) is 0 Å². The van der Waals surface area contributed by atoms with Gasteiger partial charge in [0, 0.05) is 0 Å². The van der Waals surface area contributed by atoms with E-state index in [1.807, 2.05) is 0 Å². The van der Waals surface area contributed by atoms with Gasteiger partial charge in [0.15, 0.2) is 0 Å². The zero-order valence-corrected chi connectivity index (χ0v) is 7.03. The van der Waals surface area contributed by atoms with Crippen LogP contribution in [0.25, 0.3) is 0 Å². The zero-order valence-electron chi connectivity index (χ0n) is 2.24. The summed E-state index contributed by atoms with van der Waals surface area (Å²) in [6.07, 6.45) is 0. The van der Waals surface area contributed by atoms with Crippen molar-refractivity contribution < 1.29 is 5.11 Å². The molecule has 0 aliphatic rings. The Kier molecular flexibility index (Phi) is 20.0. The zero-order chi connectivity index (χ0) is 2.71. The first-order valence-corrected chi connectivity index (χ1v) is 1.12. The van der Waals surface area contributed by atoms with Crippen LogP contribution in [-0.4, -0.2) is 35.1 Å². The maximum atomic E-state index is 7.33. The van der Waals surface area contributed by atoms with Crippen LogP contribution in [0.3, 0.4) is 0 Å². The van der Waals surface area contributed by atoms with Gasteiger partial charge in [-0.25, -0.2) is 0 Å². The summed E-state index contributed by atoms with van der Waals surface area (Å²) in [5.41, 5.74) is 0. The first-order valence-electron chi connectivity index (χ1n) is 0.583. The predicted octanol–water partition coefficient (Wildman–Crippen LogP) is -0.741. The molecule has 0 rings (SSSR count). The van der Waals surface area contributed by atoms with E-state index in [1.165, 1.54) is 0 Å². The van der Waals surface area contributed by atoms with Crippen LogP contribution in [0.5, 0.6) is 0 Å². The Hall–Kier alpha value is 1.05. The molecule has 0 aliphatic heterocycles. The van der Waals surface area contributed by atoms with Crippen LogP contribution in [0.1, 0.15) is 0 Å². The fourth-order valence-electron chi connectivity index (χ4n) is 0. The molecule has 3 heteroatoms. The van der Waals surface area contributed by atoms with E-state index in [0.29, 0.717) is 0 Å². The Morgan fingerprint density at radius 3 is 1.75 bits per heavy atom. The van der Waals surface area contributed by atoms with Gasteiger partial charge in [-0.2, -0.15) is 0 Å². The number of hydrogen-bond acceptors (Lipinski definition) is 1. The molecule has 0 saturated heterocycles. The third kappa shape index (κ3) is 11.6. The molecule has 0 atom stereocenters. The molecule has 0 aromatic rings. The summed E-state index contributed by atoms with van der Waals surface area (Å²) in [6, 6.07) is -0.278. The molecular formula is CH5ClOSn. The van der Waals surface area contributed by atoms with Gasteiger partial charge < -0.3 is 5.11 Å². The predicted molar refractivity (Wildman–Crippen MR) is 21.5 cm³/mol. The number of aliphatic hydroxyl groups excluding tert-OH is 1. The molecule has 0 unspecified atom stereocenters. The molecule has 2 radical (unpaired) electrons. The molecule has 0 spiro atoms. The number of aliphatic hydroxyl groups is 1. The molecule has 1 N–H and O–H groups in total. The van der Waals surface area contributed by atoms with Crippen LogP contribution in [0.2, 0.25) is 0 Å². The monoisotopic (exact) mass is 188 g/mol.